The highest BCUT2D eigenvalue weighted by Crippen LogP contribution is 2.30. The van der Waals surface area contributed by atoms with Crippen molar-refractivity contribution in [1.29, 1.82) is 0 Å². The van der Waals surface area contributed by atoms with Crippen LogP contribution >= 0.6 is 0 Å². The zero-order chi connectivity index (χ0) is 21.8. The molecule has 0 radical (unpaired) electrons. The van der Waals surface area contributed by atoms with E-state index in [1.165, 1.54) is 0 Å². The lowest BCUT2D eigenvalue weighted by Gasteiger charge is -2.10. The topological polar surface area (TPSA) is 104 Å². The van der Waals surface area contributed by atoms with Crippen molar-refractivity contribution in [3.63, 3.8) is 0 Å². The van der Waals surface area contributed by atoms with Crippen molar-refractivity contribution in [1.82, 2.24) is 4.72 Å². The fourth-order valence-corrected chi connectivity index (χ4v) is 4.27. The molecule has 0 unspecified atom stereocenters. The Morgan fingerprint density at radius 2 is 1.55 bits per heavy atom. The molecule has 3 N–H and O–H groups in total. The van der Waals surface area contributed by atoms with Gasteiger partial charge in [0.25, 0.3) is 0 Å². The molecule has 0 spiro atoms. The van der Waals surface area contributed by atoms with Crippen LogP contribution in [0.2, 0.25) is 0 Å². The van der Waals surface area contributed by atoms with E-state index in [-0.39, 0.29) is 35.6 Å². The third-order valence-corrected chi connectivity index (χ3v) is 6.50. The van der Waals surface area contributed by atoms with Gasteiger partial charge in [0.05, 0.1) is 4.90 Å². The molecular weight excluding hydrogens is 414 g/mol. The van der Waals surface area contributed by atoms with Crippen LogP contribution in [0.4, 0.5) is 11.4 Å². The normalized spacial score (nSPS) is 13.7. The Hall–Kier alpha value is -3.23. The molecule has 0 saturated heterocycles. The van der Waals surface area contributed by atoms with Gasteiger partial charge in [-0.1, -0.05) is 36.4 Å². The number of hydrogen-bond acceptors (Lipinski definition) is 4. The zero-order valence-corrected chi connectivity index (χ0v) is 17.6. The van der Waals surface area contributed by atoms with Crippen LogP contribution < -0.4 is 15.4 Å². The highest BCUT2D eigenvalue weighted by molar-refractivity contribution is 7.89. The molecular formula is C23H23N3O4S. The van der Waals surface area contributed by atoms with Crippen molar-refractivity contribution in [3.05, 3.63) is 66.7 Å². The van der Waals surface area contributed by atoms with E-state index in [2.05, 4.69) is 15.4 Å². The molecule has 1 aliphatic rings. The largest absolute Gasteiger partial charge is 0.326 e. The molecule has 3 aromatic carbocycles. The van der Waals surface area contributed by atoms with Crippen LogP contribution in [0.25, 0.3) is 10.8 Å². The number of amides is 2. The molecule has 7 nitrogen and oxygen atoms in total. The van der Waals surface area contributed by atoms with Gasteiger partial charge >= 0.3 is 0 Å². The first kappa shape index (κ1) is 21.0. The average molecular weight is 438 g/mol. The third kappa shape index (κ3) is 5.48. The van der Waals surface area contributed by atoms with Gasteiger partial charge in [0.15, 0.2) is 0 Å². The van der Waals surface area contributed by atoms with Gasteiger partial charge in [0, 0.05) is 30.3 Å². The van der Waals surface area contributed by atoms with Gasteiger partial charge in [-0.05, 0) is 53.9 Å². The summed E-state index contributed by atoms with van der Waals surface area (Å²) in [5.41, 5.74) is 1.16. The Bertz CT molecular complexity index is 1240. The minimum atomic E-state index is -3.72. The first-order chi connectivity index (χ1) is 14.9. The molecule has 31 heavy (non-hydrogen) atoms. The lowest BCUT2D eigenvalue weighted by molar-refractivity contribution is -0.117. The van der Waals surface area contributed by atoms with E-state index in [9.17, 15) is 18.0 Å². The van der Waals surface area contributed by atoms with Crippen molar-refractivity contribution in [2.75, 3.05) is 17.2 Å². The Balaban J connectivity index is 1.30. The van der Waals surface area contributed by atoms with Crippen LogP contribution in [0.1, 0.15) is 19.3 Å². The first-order valence-corrected chi connectivity index (χ1v) is 11.6. The molecule has 0 bridgehead atoms. The highest BCUT2D eigenvalue weighted by Gasteiger charge is 2.29. The second kappa shape index (κ2) is 8.87. The van der Waals surface area contributed by atoms with E-state index in [1.54, 1.807) is 42.5 Å². The van der Waals surface area contributed by atoms with E-state index in [0.29, 0.717) is 11.4 Å². The van der Waals surface area contributed by atoms with Gasteiger partial charge in [-0.15, -0.1) is 0 Å². The molecule has 160 valence electrons. The van der Waals surface area contributed by atoms with Crippen molar-refractivity contribution < 1.29 is 18.0 Å². The van der Waals surface area contributed by atoms with Crippen LogP contribution in [0, 0.1) is 5.92 Å². The lowest BCUT2D eigenvalue weighted by Crippen LogP contribution is -2.27. The maximum Gasteiger partial charge on any atom is 0.240 e. The number of hydrogen-bond donors (Lipinski definition) is 3. The Labute approximate surface area is 180 Å². The van der Waals surface area contributed by atoms with Crippen LogP contribution in [-0.2, 0) is 19.6 Å². The molecule has 0 aromatic heterocycles. The second-order valence-corrected chi connectivity index (χ2v) is 9.32. The van der Waals surface area contributed by atoms with Crippen LogP contribution in [0.3, 0.4) is 0 Å². The Morgan fingerprint density at radius 3 is 2.29 bits per heavy atom. The summed E-state index contributed by atoms with van der Waals surface area (Å²) in [7, 11) is -3.72. The number of anilines is 2. The molecule has 1 aliphatic carbocycles. The molecule has 4 rings (SSSR count). The fraction of sp³-hybridized carbons (Fsp3) is 0.217. The quantitative estimate of drug-likeness (QED) is 0.502. The summed E-state index contributed by atoms with van der Waals surface area (Å²) in [6.07, 6.45) is 1.81. The molecule has 3 aromatic rings. The molecule has 1 saturated carbocycles. The van der Waals surface area contributed by atoms with E-state index >= 15 is 0 Å². The smallest absolute Gasteiger partial charge is 0.240 e. The van der Waals surface area contributed by atoms with Gasteiger partial charge in [-0.2, -0.15) is 0 Å². The summed E-state index contributed by atoms with van der Waals surface area (Å²) in [4.78, 5) is 24.3. The zero-order valence-electron chi connectivity index (χ0n) is 16.8. The van der Waals surface area contributed by atoms with Crippen molar-refractivity contribution in [2.24, 2.45) is 5.92 Å². The van der Waals surface area contributed by atoms with E-state index in [0.717, 1.165) is 23.6 Å². The van der Waals surface area contributed by atoms with Crippen molar-refractivity contribution in [3.8, 4) is 0 Å². The predicted molar refractivity (Wildman–Crippen MR) is 120 cm³/mol. The van der Waals surface area contributed by atoms with Crippen LogP contribution in [0.15, 0.2) is 71.6 Å². The number of fused-ring (bicyclic) bond motifs is 1. The maximum absolute atomic E-state index is 12.5. The average Bonchev–Trinajstić information content (AvgIpc) is 3.59. The third-order valence-electron chi connectivity index (χ3n) is 5.04. The van der Waals surface area contributed by atoms with E-state index in [1.807, 2.05) is 24.3 Å². The molecule has 1 fully saturated rings. The fourth-order valence-electron chi connectivity index (χ4n) is 3.20. The summed E-state index contributed by atoms with van der Waals surface area (Å²) in [5, 5.41) is 7.34. The Kier molecular flexibility index (Phi) is 6.01. The summed E-state index contributed by atoms with van der Waals surface area (Å²) in [6.45, 7) is -0.0287. The standard InChI is InChI=1S/C23H23N3O4S/c27-22(25-19-6-3-7-20(15-19)26-23(28)17-8-9-17)12-13-24-31(29,30)21-11-10-16-4-1-2-5-18(16)14-21/h1-7,10-11,14-15,17,24H,8-9,12-13H2,(H,25,27)(H,26,28). The van der Waals surface area contributed by atoms with Gasteiger partial charge < -0.3 is 10.6 Å². The summed E-state index contributed by atoms with van der Waals surface area (Å²) in [6, 6.07) is 19.3. The predicted octanol–water partition coefficient (Wildman–Crippen LogP) is 3.50. The number of nitrogens with one attached hydrogen (secondary N) is 3. The summed E-state index contributed by atoms with van der Waals surface area (Å²) < 4.78 is 27.5. The molecule has 8 heteroatoms. The van der Waals surface area contributed by atoms with Crippen LogP contribution in [-0.4, -0.2) is 26.8 Å². The van der Waals surface area contributed by atoms with Crippen molar-refractivity contribution >= 4 is 44.0 Å². The minimum absolute atomic E-state index is 0.00780. The van der Waals surface area contributed by atoms with Gasteiger partial charge in [0.2, 0.25) is 21.8 Å². The molecule has 2 amide bonds. The number of rotatable bonds is 8. The first-order valence-electron chi connectivity index (χ1n) is 10.1. The van der Waals surface area contributed by atoms with Crippen LogP contribution in [0.5, 0.6) is 0 Å². The Morgan fingerprint density at radius 1 is 0.839 bits per heavy atom. The second-order valence-electron chi connectivity index (χ2n) is 7.55. The number of carbonyl (C=O) groups is 2. The van der Waals surface area contributed by atoms with Gasteiger partial charge in [0.1, 0.15) is 0 Å². The monoisotopic (exact) mass is 437 g/mol. The van der Waals surface area contributed by atoms with Gasteiger partial charge in [-0.3, -0.25) is 9.59 Å². The van der Waals surface area contributed by atoms with E-state index < -0.39 is 10.0 Å². The molecule has 0 atom stereocenters. The van der Waals surface area contributed by atoms with Crippen molar-refractivity contribution in [2.45, 2.75) is 24.2 Å². The number of sulfonamides is 1. The maximum atomic E-state index is 12.5. The molecule has 0 aliphatic heterocycles. The minimum Gasteiger partial charge on any atom is -0.326 e. The molecule has 0 heterocycles. The lowest BCUT2D eigenvalue weighted by atomic mass is 10.1. The number of carbonyl (C=O) groups excluding carboxylic acids is 2. The van der Waals surface area contributed by atoms with E-state index in [4.69, 9.17) is 0 Å². The SMILES string of the molecule is O=C(CCNS(=O)(=O)c1ccc2ccccc2c1)Nc1cccc(NC(=O)C2CC2)c1. The van der Waals surface area contributed by atoms with Gasteiger partial charge in [-0.25, -0.2) is 13.1 Å². The highest BCUT2D eigenvalue weighted by atomic mass is 32.2. The number of benzene rings is 3. The summed E-state index contributed by atoms with van der Waals surface area (Å²) >= 11 is 0. The summed E-state index contributed by atoms with van der Waals surface area (Å²) in [5.74, 6) is -0.243.